The van der Waals surface area contributed by atoms with Gasteiger partial charge in [0.25, 0.3) is 0 Å². The van der Waals surface area contributed by atoms with Crippen LogP contribution in [0, 0.1) is 0 Å². The smallest absolute Gasteiger partial charge is 0.0446 e. The summed E-state index contributed by atoms with van der Waals surface area (Å²) in [5.41, 5.74) is 1.38. The van der Waals surface area contributed by atoms with Gasteiger partial charge < -0.3 is 10.4 Å². The molecule has 0 amide bonds. The van der Waals surface area contributed by atoms with Crippen molar-refractivity contribution in [3.63, 3.8) is 0 Å². The molecule has 0 saturated carbocycles. The van der Waals surface area contributed by atoms with Gasteiger partial charge in [0.2, 0.25) is 0 Å². The molecular weight excluding hydrogens is 224 g/mol. The molecule has 18 heavy (non-hydrogen) atoms. The van der Waals surface area contributed by atoms with Crippen molar-refractivity contribution in [2.24, 2.45) is 0 Å². The fraction of sp³-hybridized carbons (Fsp3) is 0.600. The number of benzene rings is 1. The van der Waals surface area contributed by atoms with Crippen molar-refractivity contribution < 1.29 is 5.11 Å². The van der Waals surface area contributed by atoms with Crippen LogP contribution in [-0.2, 0) is 0 Å². The monoisotopic (exact) mass is 248 g/mol. The van der Waals surface area contributed by atoms with Crippen LogP contribution >= 0.6 is 0 Å². The Labute approximate surface area is 110 Å². The van der Waals surface area contributed by atoms with Gasteiger partial charge in [0.05, 0.1) is 0 Å². The Bertz CT molecular complexity index is 342. The van der Waals surface area contributed by atoms with Gasteiger partial charge in [-0.2, -0.15) is 0 Å². The second-order valence-corrected chi connectivity index (χ2v) is 5.10. The zero-order chi connectivity index (χ0) is 12.8. The normalized spacial score (nSPS) is 23.6. The van der Waals surface area contributed by atoms with Gasteiger partial charge in [0, 0.05) is 31.8 Å². The number of nitrogens with zero attached hydrogens (tertiary/aromatic N) is 1. The van der Waals surface area contributed by atoms with Crippen LogP contribution in [0.3, 0.4) is 0 Å². The van der Waals surface area contributed by atoms with Gasteiger partial charge in [-0.1, -0.05) is 30.3 Å². The molecule has 1 heterocycles. The van der Waals surface area contributed by atoms with E-state index in [2.05, 4.69) is 47.5 Å². The van der Waals surface area contributed by atoms with Crippen LogP contribution in [0.2, 0.25) is 0 Å². The lowest BCUT2D eigenvalue weighted by atomic mass is 10.1. The highest BCUT2D eigenvalue weighted by molar-refractivity contribution is 5.18. The Kier molecular flexibility index (Phi) is 5.17. The molecule has 1 aliphatic rings. The summed E-state index contributed by atoms with van der Waals surface area (Å²) < 4.78 is 0. The zero-order valence-electron chi connectivity index (χ0n) is 11.2. The number of rotatable bonds is 4. The van der Waals surface area contributed by atoms with Gasteiger partial charge in [0.1, 0.15) is 0 Å². The van der Waals surface area contributed by atoms with E-state index in [0.29, 0.717) is 12.1 Å². The van der Waals surface area contributed by atoms with Crippen molar-refractivity contribution >= 4 is 0 Å². The van der Waals surface area contributed by atoms with Gasteiger partial charge in [-0.15, -0.1) is 0 Å². The summed E-state index contributed by atoms with van der Waals surface area (Å²) >= 11 is 0. The van der Waals surface area contributed by atoms with Crippen molar-refractivity contribution in [1.29, 1.82) is 0 Å². The standard InChI is InChI=1S/C15H24N2O/c1-13(14-6-3-2-4-7-14)17-10-5-9-16-15(12-17)8-11-18/h2-4,6-7,13,15-16,18H,5,8-12H2,1H3. The molecule has 1 aliphatic heterocycles. The van der Waals surface area contributed by atoms with Gasteiger partial charge in [-0.3, -0.25) is 4.90 Å². The lowest BCUT2D eigenvalue weighted by molar-refractivity contribution is 0.189. The van der Waals surface area contributed by atoms with Crippen LogP contribution < -0.4 is 5.32 Å². The van der Waals surface area contributed by atoms with Crippen LogP contribution in [0.15, 0.2) is 30.3 Å². The number of nitrogens with one attached hydrogen (secondary N) is 1. The molecule has 100 valence electrons. The number of hydrogen-bond acceptors (Lipinski definition) is 3. The van der Waals surface area contributed by atoms with Gasteiger partial charge in [-0.25, -0.2) is 0 Å². The Morgan fingerprint density at radius 2 is 2.17 bits per heavy atom. The van der Waals surface area contributed by atoms with E-state index in [0.717, 1.165) is 26.1 Å². The first kappa shape index (κ1) is 13.5. The summed E-state index contributed by atoms with van der Waals surface area (Å²) in [6.07, 6.45) is 2.02. The fourth-order valence-corrected chi connectivity index (χ4v) is 2.67. The van der Waals surface area contributed by atoms with Crippen LogP contribution in [0.4, 0.5) is 0 Å². The van der Waals surface area contributed by atoms with E-state index in [4.69, 9.17) is 5.11 Å². The van der Waals surface area contributed by atoms with Crippen LogP contribution in [-0.4, -0.2) is 42.3 Å². The molecule has 2 unspecified atom stereocenters. The lowest BCUT2D eigenvalue weighted by Crippen LogP contribution is -2.39. The first-order chi connectivity index (χ1) is 8.81. The average Bonchev–Trinajstić information content (AvgIpc) is 2.65. The molecule has 1 aromatic carbocycles. The summed E-state index contributed by atoms with van der Waals surface area (Å²) in [6, 6.07) is 11.5. The van der Waals surface area contributed by atoms with Crippen molar-refractivity contribution in [3.8, 4) is 0 Å². The van der Waals surface area contributed by atoms with E-state index in [1.807, 2.05) is 0 Å². The predicted molar refractivity (Wildman–Crippen MR) is 74.5 cm³/mol. The second-order valence-electron chi connectivity index (χ2n) is 5.10. The summed E-state index contributed by atoms with van der Waals surface area (Å²) in [4.78, 5) is 2.52. The Hall–Kier alpha value is -0.900. The third kappa shape index (κ3) is 3.55. The van der Waals surface area contributed by atoms with E-state index >= 15 is 0 Å². The molecule has 1 saturated heterocycles. The lowest BCUT2D eigenvalue weighted by Gasteiger charge is -2.30. The van der Waals surface area contributed by atoms with E-state index in [1.54, 1.807) is 0 Å². The number of aliphatic hydroxyl groups excluding tert-OH is 1. The third-order valence-electron chi connectivity index (χ3n) is 3.82. The number of aliphatic hydroxyl groups is 1. The SMILES string of the molecule is CC(c1ccccc1)N1CCCNC(CCO)C1. The summed E-state index contributed by atoms with van der Waals surface area (Å²) in [5, 5.41) is 12.6. The molecule has 3 nitrogen and oxygen atoms in total. The molecule has 0 bridgehead atoms. The molecule has 1 aromatic rings. The van der Waals surface area contributed by atoms with E-state index in [9.17, 15) is 0 Å². The minimum absolute atomic E-state index is 0.269. The molecule has 0 aromatic heterocycles. The maximum absolute atomic E-state index is 9.09. The Balaban J connectivity index is 2.02. The van der Waals surface area contributed by atoms with Crippen molar-refractivity contribution in [3.05, 3.63) is 35.9 Å². The maximum Gasteiger partial charge on any atom is 0.0446 e. The molecule has 2 atom stereocenters. The van der Waals surface area contributed by atoms with Crippen LogP contribution in [0.5, 0.6) is 0 Å². The van der Waals surface area contributed by atoms with E-state index in [-0.39, 0.29) is 6.61 Å². The van der Waals surface area contributed by atoms with Crippen molar-refractivity contribution in [1.82, 2.24) is 10.2 Å². The first-order valence-electron chi connectivity index (χ1n) is 6.94. The maximum atomic E-state index is 9.09. The van der Waals surface area contributed by atoms with Crippen LogP contribution in [0.25, 0.3) is 0 Å². The summed E-state index contributed by atoms with van der Waals surface area (Å²) in [5.74, 6) is 0. The molecule has 0 aliphatic carbocycles. The molecule has 0 radical (unpaired) electrons. The highest BCUT2D eigenvalue weighted by Crippen LogP contribution is 2.21. The largest absolute Gasteiger partial charge is 0.396 e. The van der Waals surface area contributed by atoms with Crippen molar-refractivity contribution in [2.75, 3.05) is 26.2 Å². The first-order valence-corrected chi connectivity index (χ1v) is 6.94. The van der Waals surface area contributed by atoms with Gasteiger partial charge in [-0.05, 0) is 31.9 Å². The average molecular weight is 248 g/mol. The molecular formula is C15H24N2O. The predicted octanol–water partition coefficient (Wildman–Crippen LogP) is 1.79. The molecule has 0 spiro atoms. The van der Waals surface area contributed by atoms with Gasteiger partial charge >= 0.3 is 0 Å². The Morgan fingerprint density at radius 1 is 1.39 bits per heavy atom. The van der Waals surface area contributed by atoms with Gasteiger partial charge in [0.15, 0.2) is 0 Å². The minimum atomic E-state index is 0.269. The van der Waals surface area contributed by atoms with Crippen LogP contribution in [0.1, 0.15) is 31.4 Å². The molecule has 2 N–H and O–H groups in total. The highest BCUT2D eigenvalue weighted by atomic mass is 16.3. The topological polar surface area (TPSA) is 35.5 Å². The zero-order valence-corrected chi connectivity index (χ0v) is 11.2. The minimum Gasteiger partial charge on any atom is -0.396 e. The molecule has 2 rings (SSSR count). The van der Waals surface area contributed by atoms with Crippen molar-refractivity contribution in [2.45, 2.75) is 31.8 Å². The Morgan fingerprint density at radius 3 is 2.89 bits per heavy atom. The molecule has 1 fully saturated rings. The molecule has 3 heteroatoms. The van der Waals surface area contributed by atoms with E-state index in [1.165, 1.54) is 12.0 Å². The summed E-state index contributed by atoms with van der Waals surface area (Å²) in [6.45, 7) is 5.76. The highest BCUT2D eigenvalue weighted by Gasteiger charge is 2.21. The van der Waals surface area contributed by atoms with E-state index < -0.39 is 0 Å². The second kappa shape index (κ2) is 6.88. The number of hydrogen-bond donors (Lipinski definition) is 2. The third-order valence-corrected chi connectivity index (χ3v) is 3.82. The quantitative estimate of drug-likeness (QED) is 0.853. The summed E-state index contributed by atoms with van der Waals surface area (Å²) in [7, 11) is 0. The fourth-order valence-electron chi connectivity index (χ4n) is 2.67.